The molecule has 1 aromatic heterocycles. The van der Waals surface area contributed by atoms with Crippen LogP contribution >= 0.6 is 0 Å². The molecule has 5 heteroatoms. The first-order valence-corrected chi connectivity index (χ1v) is 7.95. The van der Waals surface area contributed by atoms with Gasteiger partial charge in [0.15, 0.2) is 0 Å². The smallest absolute Gasteiger partial charge is 0.231 e. The van der Waals surface area contributed by atoms with Gasteiger partial charge in [0.05, 0.1) is 17.1 Å². The van der Waals surface area contributed by atoms with Gasteiger partial charge in [0.25, 0.3) is 0 Å². The third-order valence-corrected chi connectivity index (χ3v) is 4.53. The van der Waals surface area contributed by atoms with E-state index in [2.05, 4.69) is 4.98 Å². The summed E-state index contributed by atoms with van der Waals surface area (Å²) < 4.78 is 0. The Bertz CT molecular complexity index is 739. The molecule has 2 amide bonds. The summed E-state index contributed by atoms with van der Waals surface area (Å²) in [6.07, 6.45) is 3.46. The number of nitrogens with zero attached hydrogens (tertiary/aromatic N) is 3. The summed E-state index contributed by atoms with van der Waals surface area (Å²) in [6, 6.07) is 9.65. The number of carbonyl (C=O) groups is 2. The van der Waals surface area contributed by atoms with Gasteiger partial charge in [-0.2, -0.15) is 0 Å². The molecule has 1 saturated heterocycles. The van der Waals surface area contributed by atoms with E-state index in [0.29, 0.717) is 6.54 Å². The maximum absolute atomic E-state index is 12.9. The highest BCUT2D eigenvalue weighted by molar-refractivity contribution is 6.03. The fraction of sp³-hybridized carbons (Fsp3) is 0.389. The SMILES string of the molecule is CC(=O)N1CCCC(C(=O)N(C)c2cccc3ncccc23)C1. The Morgan fingerprint density at radius 2 is 2.09 bits per heavy atom. The van der Waals surface area contributed by atoms with E-state index in [4.69, 9.17) is 0 Å². The average Bonchev–Trinajstić information content (AvgIpc) is 2.60. The summed E-state index contributed by atoms with van der Waals surface area (Å²) in [5, 5.41) is 0.963. The van der Waals surface area contributed by atoms with Crippen LogP contribution < -0.4 is 4.90 Å². The summed E-state index contributed by atoms with van der Waals surface area (Å²) >= 11 is 0. The number of benzene rings is 1. The number of carbonyl (C=O) groups excluding carboxylic acids is 2. The Labute approximate surface area is 135 Å². The molecule has 0 bridgehead atoms. The van der Waals surface area contributed by atoms with Gasteiger partial charge in [-0.15, -0.1) is 0 Å². The molecule has 1 aliphatic heterocycles. The van der Waals surface area contributed by atoms with Crippen LogP contribution in [0.4, 0.5) is 5.69 Å². The van der Waals surface area contributed by atoms with Crippen LogP contribution in [0.25, 0.3) is 10.9 Å². The quantitative estimate of drug-likeness (QED) is 0.856. The molecule has 1 unspecified atom stereocenters. The van der Waals surface area contributed by atoms with Crippen LogP contribution in [-0.4, -0.2) is 41.8 Å². The molecule has 0 N–H and O–H groups in total. The molecule has 0 saturated carbocycles. The predicted octanol–water partition coefficient (Wildman–Crippen LogP) is 2.46. The van der Waals surface area contributed by atoms with Gasteiger partial charge in [0.2, 0.25) is 11.8 Å². The van der Waals surface area contributed by atoms with E-state index >= 15 is 0 Å². The molecule has 1 atom stereocenters. The van der Waals surface area contributed by atoms with Gasteiger partial charge in [0, 0.05) is 38.6 Å². The Morgan fingerprint density at radius 1 is 1.26 bits per heavy atom. The van der Waals surface area contributed by atoms with Crippen LogP contribution in [0.3, 0.4) is 0 Å². The number of amides is 2. The molecule has 0 spiro atoms. The number of fused-ring (bicyclic) bond motifs is 1. The summed E-state index contributed by atoms with van der Waals surface area (Å²) in [5.74, 6) is -0.0311. The fourth-order valence-electron chi connectivity index (χ4n) is 3.24. The summed E-state index contributed by atoms with van der Waals surface area (Å²) in [5.41, 5.74) is 1.74. The maximum Gasteiger partial charge on any atom is 0.231 e. The summed E-state index contributed by atoms with van der Waals surface area (Å²) in [6.45, 7) is 2.83. The van der Waals surface area contributed by atoms with Crippen molar-refractivity contribution < 1.29 is 9.59 Å². The number of hydrogen-bond donors (Lipinski definition) is 0. The molecular weight excluding hydrogens is 290 g/mol. The van der Waals surface area contributed by atoms with E-state index in [0.717, 1.165) is 36.0 Å². The second-order valence-electron chi connectivity index (χ2n) is 6.05. The van der Waals surface area contributed by atoms with Crippen LogP contribution in [0.2, 0.25) is 0 Å². The number of pyridine rings is 1. The highest BCUT2D eigenvalue weighted by atomic mass is 16.2. The van der Waals surface area contributed by atoms with Gasteiger partial charge < -0.3 is 9.80 Å². The topological polar surface area (TPSA) is 53.5 Å². The molecule has 0 aliphatic carbocycles. The van der Waals surface area contributed by atoms with Crippen LogP contribution in [0.1, 0.15) is 19.8 Å². The summed E-state index contributed by atoms with van der Waals surface area (Å²) in [4.78, 5) is 32.3. The van der Waals surface area contributed by atoms with Crippen molar-refractivity contribution in [3.63, 3.8) is 0 Å². The van der Waals surface area contributed by atoms with Crippen molar-refractivity contribution in [3.05, 3.63) is 36.5 Å². The zero-order chi connectivity index (χ0) is 16.4. The Hall–Kier alpha value is -2.43. The van der Waals surface area contributed by atoms with Crippen LogP contribution in [0.5, 0.6) is 0 Å². The minimum Gasteiger partial charge on any atom is -0.342 e. The molecule has 23 heavy (non-hydrogen) atoms. The van der Waals surface area contributed by atoms with Crippen molar-refractivity contribution >= 4 is 28.4 Å². The van der Waals surface area contributed by atoms with E-state index in [9.17, 15) is 9.59 Å². The van der Waals surface area contributed by atoms with Gasteiger partial charge in [0.1, 0.15) is 0 Å². The van der Waals surface area contributed by atoms with Crippen molar-refractivity contribution in [2.75, 3.05) is 25.0 Å². The highest BCUT2D eigenvalue weighted by Gasteiger charge is 2.29. The van der Waals surface area contributed by atoms with Crippen LogP contribution in [0, 0.1) is 5.92 Å². The van der Waals surface area contributed by atoms with Crippen molar-refractivity contribution in [2.24, 2.45) is 5.92 Å². The van der Waals surface area contributed by atoms with Crippen molar-refractivity contribution in [3.8, 4) is 0 Å². The molecule has 2 heterocycles. The molecule has 2 aromatic rings. The molecular formula is C18H21N3O2. The van der Waals surface area contributed by atoms with Gasteiger partial charge >= 0.3 is 0 Å². The number of likely N-dealkylation sites (tertiary alicyclic amines) is 1. The van der Waals surface area contributed by atoms with Gasteiger partial charge in [-0.1, -0.05) is 6.07 Å². The van der Waals surface area contributed by atoms with E-state index < -0.39 is 0 Å². The van der Waals surface area contributed by atoms with E-state index in [1.165, 1.54) is 0 Å². The molecule has 120 valence electrons. The lowest BCUT2D eigenvalue weighted by molar-refractivity contribution is -0.133. The first kappa shape index (κ1) is 15.5. The number of rotatable bonds is 2. The highest BCUT2D eigenvalue weighted by Crippen LogP contribution is 2.27. The number of hydrogen-bond acceptors (Lipinski definition) is 3. The molecule has 1 aliphatic rings. The number of aromatic nitrogens is 1. The minimum atomic E-state index is -0.135. The minimum absolute atomic E-state index is 0.0412. The van der Waals surface area contributed by atoms with Gasteiger partial charge in [-0.25, -0.2) is 0 Å². The maximum atomic E-state index is 12.9. The normalized spacial score (nSPS) is 18.0. The van der Waals surface area contributed by atoms with Crippen molar-refractivity contribution in [1.82, 2.24) is 9.88 Å². The van der Waals surface area contributed by atoms with Crippen LogP contribution in [-0.2, 0) is 9.59 Å². The summed E-state index contributed by atoms with van der Waals surface area (Å²) in [7, 11) is 1.80. The largest absolute Gasteiger partial charge is 0.342 e. The van der Waals surface area contributed by atoms with Crippen molar-refractivity contribution in [1.29, 1.82) is 0 Å². The lowest BCUT2D eigenvalue weighted by Gasteiger charge is -2.33. The molecule has 3 rings (SSSR count). The van der Waals surface area contributed by atoms with Gasteiger partial charge in [-0.3, -0.25) is 14.6 Å². The third kappa shape index (κ3) is 3.04. The average molecular weight is 311 g/mol. The standard InChI is InChI=1S/C18H21N3O2/c1-13(22)21-11-5-6-14(12-21)18(23)20(2)17-9-3-8-16-15(17)7-4-10-19-16/h3-4,7-10,14H,5-6,11-12H2,1-2H3. The second kappa shape index (κ2) is 6.36. The molecule has 1 aromatic carbocycles. The van der Waals surface area contributed by atoms with Gasteiger partial charge in [-0.05, 0) is 37.1 Å². The Kier molecular flexibility index (Phi) is 4.28. The van der Waals surface area contributed by atoms with E-state index in [-0.39, 0.29) is 17.7 Å². The van der Waals surface area contributed by atoms with E-state index in [1.807, 2.05) is 30.3 Å². The fourth-order valence-corrected chi connectivity index (χ4v) is 3.24. The Morgan fingerprint density at radius 3 is 2.87 bits per heavy atom. The predicted molar refractivity (Wildman–Crippen MR) is 90.1 cm³/mol. The lowest BCUT2D eigenvalue weighted by Crippen LogP contribution is -2.45. The zero-order valence-corrected chi connectivity index (χ0v) is 13.5. The zero-order valence-electron chi connectivity index (χ0n) is 13.5. The Balaban J connectivity index is 1.85. The second-order valence-corrected chi connectivity index (χ2v) is 6.05. The molecule has 5 nitrogen and oxygen atoms in total. The lowest BCUT2D eigenvalue weighted by atomic mass is 9.96. The first-order chi connectivity index (χ1) is 11.1. The molecule has 1 fully saturated rings. The number of piperidine rings is 1. The van der Waals surface area contributed by atoms with Crippen molar-refractivity contribution in [2.45, 2.75) is 19.8 Å². The number of anilines is 1. The van der Waals surface area contributed by atoms with E-state index in [1.54, 1.807) is 30.0 Å². The third-order valence-electron chi connectivity index (χ3n) is 4.53. The molecule has 0 radical (unpaired) electrons. The monoisotopic (exact) mass is 311 g/mol. The first-order valence-electron chi connectivity index (χ1n) is 7.95. The van der Waals surface area contributed by atoms with Crippen LogP contribution in [0.15, 0.2) is 36.5 Å².